The molecule has 1 fully saturated rings. The number of aromatic nitrogens is 2. The number of anilines is 1. The quantitative estimate of drug-likeness (QED) is 0.494. The lowest BCUT2D eigenvalue weighted by Crippen LogP contribution is -2.36. The Kier molecular flexibility index (Phi) is 5.28. The van der Waals surface area contributed by atoms with Crippen LogP contribution in [-0.2, 0) is 9.57 Å². The van der Waals surface area contributed by atoms with Gasteiger partial charge in [0, 0.05) is 12.3 Å². The van der Waals surface area contributed by atoms with E-state index >= 15 is 0 Å². The van der Waals surface area contributed by atoms with Gasteiger partial charge in [-0.25, -0.2) is 9.59 Å². The van der Waals surface area contributed by atoms with Crippen LogP contribution in [0.15, 0.2) is 47.4 Å². The fourth-order valence-corrected chi connectivity index (χ4v) is 2.50. The Hall–Kier alpha value is -2.79. The molecule has 0 saturated carbocycles. The topological polar surface area (TPSA) is 143 Å². The first kappa shape index (κ1) is 18.0. The lowest BCUT2D eigenvalue weighted by Gasteiger charge is -2.17. The predicted molar refractivity (Wildman–Crippen MR) is 87.0 cm³/mol. The first-order chi connectivity index (χ1) is 12.5. The molecule has 3 rings (SSSR count). The Morgan fingerprint density at radius 1 is 1.23 bits per heavy atom. The number of carbonyl (C=O) groups excluding carboxylic acids is 1. The van der Waals surface area contributed by atoms with Crippen LogP contribution < -0.4 is 11.2 Å². The zero-order valence-corrected chi connectivity index (χ0v) is 13.4. The van der Waals surface area contributed by atoms with Crippen molar-refractivity contribution < 1.29 is 29.7 Å². The molecule has 4 atom stereocenters. The van der Waals surface area contributed by atoms with E-state index in [1.54, 1.807) is 30.3 Å². The van der Waals surface area contributed by atoms with E-state index in [0.29, 0.717) is 5.56 Å². The van der Waals surface area contributed by atoms with Crippen LogP contribution in [0.3, 0.4) is 0 Å². The molecule has 26 heavy (non-hydrogen) atoms. The molecule has 0 aliphatic carbocycles. The lowest BCUT2D eigenvalue weighted by molar-refractivity contribution is -0.0549. The highest BCUT2D eigenvalue weighted by molar-refractivity contribution is 5.89. The summed E-state index contributed by atoms with van der Waals surface area (Å²) in [5, 5.41) is 28.8. The number of rotatable bonds is 5. The fraction of sp³-hybridized carbons (Fsp3) is 0.312. The van der Waals surface area contributed by atoms with E-state index in [1.807, 2.05) is 0 Å². The van der Waals surface area contributed by atoms with Crippen LogP contribution in [-0.4, -0.2) is 55.8 Å². The molecule has 2 aromatic rings. The van der Waals surface area contributed by atoms with Crippen molar-refractivity contribution in [3.05, 3.63) is 58.6 Å². The lowest BCUT2D eigenvalue weighted by atomic mass is 10.1. The molecule has 1 aromatic heterocycles. The van der Waals surface area contributed by atoms with Gasteiger partial charge in [0.05, 0.1) is 12.2 Å². The van der Waals surface area contributed by atoms with Crippen molar-refractivity contribution >= 4 is 11.8 Å². The number of nitrogens with zero attached hydrogens (tertiary/aromatic N) is 2. The molecule has 1 saturated heterocycles. The molecule has 10 nitrogen and oxygen atoms in total. The summed E-state index contributed by atoms with van der Waals surface area (Å²) in [6.45, 7) is -0.508. The van der Waals surface area contributed by atoms with Gasteiger partial charge in [-0.1, -0.05) is 18.2 Å². The van der Waals surface area contributed by atoms with Crippen LogP contribution in [0, 0.1) is 0 Å². The van der Waals surface area contributed by atoms with Crippen molar-refractivity contribution in [2.75, 3.05) is 12.1 Å². The van der Waals surface area contributed by atoms with Gasteiger partial charge in [0.15, 0.2) is 12.0 Å². The van der Waals surface area contributed by atoms with E-state index in [-0.39, 0.29) is 5.82 Å². The molecule has 10 heteroatoms. The van der Waals surface area contributed by atoms with Crippen molar-refractivity contribution in [3.8, 4) is 0 Å². The zero-order valence-electron chi connectivity index (χ0n) is 13.4. The summed E-state index contributed by atoms with van der Waals surface area (Å²) in [4.78, 5) is 32.5. The van der Waals surface area contributed by atoms with Gasteiger partial charge in [-0.05, 0) is 12.1 Å². The third kappa shape index (κ3) is 3.58. The Morgan fingerprint density at radius 3 is 2.58 bits per heavy atom. The maximum Gasteiger partial charge on any atom is 0.362 e. The molecule has 0 bridgehead atoms. The van der Waals surface area contributed by atoms with Crippen molar-refractivity contribution in [1.29, 1.82) is 0 Å². The second-order valence-electron chi connectivity index (χ2n) is 5.59. The van der Waals surface area contributed by atoms with Crippen LogP contribution in [0.2, 0.25) is 0 Å². The Labute approximate surface area is 147 Å². The number of nitrogens with one attached hydrogen (secondary N) is 1. The van der Waals surface area contributed by atoms with E-state index in [0.717, 1.165) is 4.57 Å². The van der Waals surface area contributed by atoms with Crippen LogP contribution >= 0.6 is 0 Å². The number of hydrogen-bond donors (Lipinski definition) is 4. The highest BCUT2D eigenvalue weighted by atomic mass is 16.7. The van der Waals surface area contributed by atoms with Crippen molar-refractivity contribution in [2.45, 2.75) is 24.5 Å². The SMILES string of the molecule is O=C(ONc1ccn([C@@H]2O[C@H](CO)[C@@H](O)[C@H]2O)c(=O)n1)c1ccccc1. The Morgan fingerprint density at radius 2 is 1.96 bits per heavy atom. The smallest absolute Gasteiger partial charge is 0.362 e. The Balaban J connectivity index is 1.68. The number of benzene rings is 1. The summed E-state index contributed by atoms with van der Waals surface area (Å²) in [7, 11) is 0. The molecule has 1 aromatic carbocycles. The highest BCUT2D eigenvalue weighted by Crippen LogP contribution is 2.28. The van der Waals surface area contributed by atoms with Crippen LogP contribution in [0.5, 0.6) is 0 Å². The van der Waals surface area contributed by atoms with Crippen LogP contribution in [0.1, 0.15) is 16.6 Å². The summed E-state index contributed by atoms with van der Waals surface area (Å²) in [6.07, 6.45) is -3.67. The van der Waals surface area contributed by atoms with Gasteiger partial charge >= 0.3 is 11.7 Å². The molecule has 2 heterocycles. The van der Waals surface area contributed by atoms with E-state index in [1.165, 1.54) is 12.3 Å². The van der Waals surface area contributed by atoms with Gasteiger partial charge in [-0.2, -0.15) is 10.5 Å². The first-order valence-electron chi connectivity index (χ1n) is 7.75. The minimum atomic E-state index is -1.40. The van der Waals surface area contributed by atoms with Crippen molar-refractivity contribution in [1.82, 2.24) is 9.55 Å². The van der Waals surface area contributed by atoms with E-state index in [9.17, 15) is 19.8 Å². The summed E-state index contributed by atoms with van der Waals surface area (Å²) >= 11 is 0. The van der Waals surface area contributed by atoms with Gasteiger partial charge in [0.25, 0.3) is 0 Å². The van der Waals surface area contributed by atoms with E-state index in [2.05, 4.69) is 10.5 Å². The largest absolute Gasteiger partial charge is 0.394 e. The zero-order chi connectivity index (χ0) is 18.7. The van der Waals surface area contributed by atoms with Gasteiger partial charge in [0.2, 0.25) is 0 Å². The van der Waals surface area contributed by atoms with Crippen molar-refractivity contribution in [3.63, 3.8) is 0 Å². The molecule has 0 radical (unpaired) electrons. The molecular formula is C16H17N3O7. The summed E-state index contributed by atoms with van der Waals surface area (Å²) < 4.78 is 6.23. The second kappa shape index (κ2) is 7.62. The third-order valence-electron chi connectivity index (χ3n) is 3.88. The number of aliphatic hydroxyl groups is 3. The maximum absolute atomic E-state index is 12.1. The molecule has 1 aliphatic heterocycles. The highest BCUT2D eigenvalue weighted by Gasteiger charge is 2.43. The van der Waals surface area contributed by atoms with Crippen LogP contribution in [0.4, 0.5) is 5.82 Å². The number of ether oxygens (including phenoxy) is 1. The van der Waals surface area contributed by atoms with Crippen molar-refractivity contribution in [2.24, 2.45) is 0 Å². The molecule has 0 unspecified atom stereocenters. The van der Waals surface area contributed by atoms with E-state index < -0.39 is 42.8 Å². The summed E-state index contributed by atoms with van der Waals surface area (Å²) in [5.74, 6) is -0.678. The predicted octanol–water partition coefficient (Wildman–Crippen LogP) is -0.961. The molecule has 1 aliphatic rings. The molecule has 138 valence electrons. The van der Waals surface area contributed by atoms with Crippen LogP contribution in [0.25, 0.3) is 0 Å². The summed E-state index contributed by atoms with van der Waals surface area (Å²) in [6, 6.07) is 9.57. The standard InChI is InChI=1S/C16H17N3O7/c20-8-10-12(21)13(22)14(25-10)19-7-6-11(17-16(19)24)18-26-15(23)9-4-2-1-3-5-9/h1-7,10,12-14,20-22H,8H2,(H,17,18,24)/t10-,12-,13-,14-/m1/s1. The number of aliphatic hydroxyl groups excluding tert-OH is 3. The minimum absolute atomic E-state index is 0.0257. The minimum Gasteiger partial charge on any atom is -0.394 e. The third-order valence-corrected chi connectivity index (χ3v) is 3.88. The average molecular weight is 363 g/mol. The van der Waals surface area contributed by atoms with Gasteiger partial charge in [0.1, 0.15) is 18.3 Å². The maximum atomic E-state index is 12.1. The first-order valence-corrected chi connectivity index (χ1v) is 7.75. The van der Waals surface area contributed by atoms with Gasteiger partial charge < -0.3 is 24.9 Å². The van der Waals surface area contributed by atoms with Gasteiger partial charge in [-0.3, -0.25) is 4.57 Å². The molecule has 0 spiro atoms. The Bertz CT molecular complexity index is 826. The number of hydrogen-bond acceptors (Lipinski definition) is 9. The molecule has 4 N–H and O–H groups in total. The second-order valence-corrected chi connectivity index (χ2v) is 5.59. The fourth-order valence-electron chi connectivity index (χ4n) is 2.50. The number of carbonyl (C=O) groups is 1. The monoisotopic (exact) mass is 363 g/mol. The normalized spacial score (nSPS) is 25.0. The van der Waals surface area contributed by atoms with E-state index in [4.69, 9.17) is 14.7 Å². The summed E-state index contributed by atoms with van der Waals surface area (Å²) in [5.41, 5.74) is 1.79. The van der Waals surface area contributed by atoms with Gasteiger partial charge in [-0.15, -0.1) is 0 Å². The molecule has 0 amide bonds. The average Bonchev–Trinajstić information content (AvgIpc) is 2.95. The molecular weight excluding hydrogens is 346 g/mol.